The van der Waals surface area contributed by atoms with Gasteiger partial charge in [0.2, 0.25) is 0 Å². The standard InChI is InChI=1S/C15H26N2/c1-3-5-11-17(4-2)12-10-14-8-6-7-9-15(14)13-16/h6-9H,3-5,10-13,16H2,1-2H3. The summed E-state index contributed by atoms with van der Waals surface area (Å²) >= 11 is 0. The van der Waals surface area contributed by atoms with Gasteiger partial charge < -0.3 is 10.6 Å². The zero-order valence-electron chi connectivity index (χ0n) is 11.3. The number of nitrogens with zero attached hydrogens (tertiary/aromatic N) is 1. The number of unbranched alkanes of at least 4 members (excludes halogenated alkanes) is 1. The molecule has 96 valence electrons. The van der Waals surface area contributed by atoms with E-state index in [9.17, 15) is 0 Å². The lowest BCUT2D eigenvalue weighted by Gasteiger charge is -2.20. The number of nitrogens with two attached hydrogens (primary N) is 1. The first-order valence-corrected chi connectivity index (χ1v) is 6.81. The third-order valence-corrected chi connectivity index (χ3v) is 3.31. The fourth-order valence-corrected chi connectivity index (χ4v) is 2.09. The monoisotopic (exact) mass is 234 g/mol. The smallest absolute Gasteiger partial charge is 0.0180 e. The van der Waals surface area contributed by atoms with E-state index in [0.29, 0.717) is 6.54 Å². The third-order valence-electron chi connectivity index (χ3n) is 3.31. The molecule has 1 rings (SSSR count). The van der Waals surface area contributed by atoms with Gasteiger partial charge in [0, 0.05) is 13.1 Å². The number of rotatable bonds is 8. The van der Waals surface area contributed by atoms with Crippen LogP contribution in [0.2, 0.25) is 0 Å². The first-order valence-electron chi connectivity index (χ1n) is 6.81. The van der Waals surface area contributed by atoms with E-state index in [1.807, 2.05) is 0 Å². The molecule has 0 aliphatic heterocycles. The Labute approximate surface area is 106 Å². The number of hydrogen-bond donors (Lipinski definition) is 1. The summed E-state index contributed by atoms with van der Waals surface area (Å²) in [5, 5.41) is 0. The van der Waals surface area contributed by atoms with Gasteiger partial charge in [0.05, 0.1) is 0 Å². The fraction of sp³-hybridized carbons (Fsp3) is 0.600. The molecule has 0 bridgehead atoms. The molecule has 0 aliphatic rings. The summed E-state index contributed by atoms with van der Waals surface area (Å²) in [5.74, 6) is 0. The van der Waals surface area contributed by atoms with Crippen LogP contribution < -0.4 is 5.73 Å². The molecule has 1 aromatic carbocycles. The SMILES string of the molecule is CCCCN(CC)CCc1ccccc1CN. The predicted molar refractivity (Wildman–Crippen MR) is 75.1 cm³/mol. The van der Waals surface area contributed by atoms with E-state index < -0.39 is 0 Å². The maximum Gasteiger partial charge on any atom is 0.0180 e. The molecular weight excluding hydrogens is 208 g/mol. The molecule has 0 spiro atoms. The maximum atomic E-state index is 5.76. The summed E-state index contributed by atoms with van der Waals surface area (Å²) in [6.45, 7) is 8.65. The van der Waals surface area contributed by atoms with Crippen molar-refractivity contribution in [3.63, 3.8) is 0 Å². The van der Waals surface area contributed by atoms with Crippen LogP contribution in [-0.4, -0.2) is 24.5 Å². The lowest BCUT2D eigenvalue weighted by Crippen LogP contribution is -2.27. The van der Waals surface area contributed by atoms with Crippen molar-refractivity contribution in [2.24, 2.45) is 5.73 Å². The van der Waals surface area contributed by atoms with Crippen molar-refractivity contribution in [3.05, 3.63) is 35.4 Å². The molecule has 0 saturated carbocycles. The highest BCUT2D eigenvalue weighted by Gasteiger charge is 2.04. The van der Waals surface area contributed by atoms with Crippen molar-refractivity contribution in [2.75, 3.05) is 19.6 Å². The summed E-state index contributed by atoms with van der Waals surface area (Å²) in [6, 6.07) is 8.52. The quantitative estimate of drug-likeness (QED) is 0.749. The molecule has 0 radical (unpaired) electrons. The van der Waals surface area contributed by atoms with Crippen LogP contribution in [0.5, 0.6) is 0 Å². The van der Waals surface area contributed by atoms with Crippen LogP contribution in [0.3, 0.4) is 0 Å². The molecule has 0 aromatic heterocycles. The van der Waals surface area contributed by atoms with Gasteiger partial charge in [-0.25, -0.2) is 0 Å². The minimum atomic E-state index is 0.650. The van der Waals surface area contributed by atoms with Crippen molar-refractivity contribution >= 4 is 0 Å². The van der Waals surface area contributed by atoms with Gasteiger partial charge in [-0.05, 0) is 37.1 Å². The van der Waals surface area contributed by atoms with Crippen LogP contribution >= 0.6 is 0 Å². The molecule has 2 N–H and O–H groups in total. The van der Waals surface area contributed by atoms with Gasteiger partial charge >= 0.3 is 0 Å². The number of hydrogen-bond acceptors (Lipinski definition) is 2. The summed E-state index contributed by atoms with van der Waals surface area (Å²) in [7, 11) is 0. The lowest BCUT2D eigenvalue weighted by atomic mass is 10.0. The second-order valence-corrected chi connectivity index (χ2v) is 4.51. The van der Waals surface area contributed by atoms with Gasteiger partial charge in [-0.3, -0.25) is 0 Å². The Kier molecular flexibility index (Phi) is 6.90. The van der Waals surface area contributed by atoms with Crippen LogP contribution in [0.25, 0.3) is 0 Å². The molecule has 0 atom stereocenters. The predicted octanol–water partition coefficient (Wildman–Crippen LogP) is 2.81. The summed E-state index contributed by atoms with van der Waals surface area (Å²) in [4.78, 5) is 2.52. The lowest BCUT2D eigenvalue weighted by molar-refractivity contribution is 0.287. The highest BCUT2D eigenvalue weighted by Crippen LogP contribution is 2.09. The highest BCUT2D eigenvalue weighted by atomic mass is 15.1. The van der Waals surface area contributed by atoms with E-state index in [4.69, 9.17) is 5.73 Å². The number of benzene rings is 1. The largest absolute Gasteiger partial charge is 0.326 e. The zero-order valence-corrected chi connectivity index (χ0v) is 11.3. The van der Waals surface area contributed by atoms with Gasteiger partial charge in [-0.15, -0.1) is 0 Å². The van der Waals surface area contributed by atoms with Gasteiger partial charge in [0.15, 0.2) is 0 Å². The molecule has 2 nitrogen and oxygen atoms in total. The van der Waals surface area contributed by atoms with E-state index in [0.717, 1.165) is 19.5 Å². The van der Waals surface area contributed by atoms with Crippen molar-refractivity contribution in [2.45, 2.75) is 39.7 Å². The van der Waals surface area contributed by atoms with E-state index in [-0.39, 0.29) is 0 Å². The molecule has 0 unspecified atom stereocenters. The van der Waals surface area contributed by atoms with Crippen molar-refractivity contribution in [3.8, 4) is 0 Å². The second-order valence-electron chi connectivity index (χ2n) is 4.51. The van der Waals surface area contributed by atoms with Gasteiger partial charge in [-0.2, -0.15) is 0 Å². The normalized spacial score (nSPS) is 11.1. The van der Waals surface area contributed by atoms with Crippen molar-refractivity contribution in [1.82, 2.24) is 4.90 Å². The first-order chi connectivity index (χ1) is 8.31. The highest BCUT2D eigenvalue weighted by molar-refractivity contribution is 5.27. The Hall–Kier alpha value is -0.860. The zero-order chi connectivity index (χ0) is 12.5. The molecule has 17 heavy (non-hydrogen) atoms. The average molecular weight is 234 g/mol. The van der Waals surface area contributed by atoms with Crippen LogP contribution in [0.15, 0.2) is 24.3 Å². The van der Waals surface area contributed by atoms with E-state index in [1.54, 1.807) is 0 Å². The van der Waals surface area contributed by atoms with Crippen molar-refractivity contribution in [1.29, 1.82) is 0 Å². The summed E-state index contributed by atoms with van der Waals surface area (Å²) < 4.78 is 0. The topological polar surface area (TPSA) is 29.3 Å². The van der Waals surface area contributed by atoms with Crippen LogP contribution in [0.1, 0.15) is 37.8 Å². The average Bonchev–Trinajstić information content (AvgIpc) is 2.39. The minimum Gasteiger partial charge on any atom is -0.326 e. The fourth-order valence-electron chi connectivity index (χ4n) is 2.09. The molecule has 0 aliphatic carbocycles. The Morgan fingerprint density at radius 1 is 1.06 bits per heavy atom. The van der Waals surface area contributed by atoms with Crippen LogP contribution in [0.4, 0.5) is 0 Å². The molecule has 2 heteroatoms. The Morgan fingerprint density at radius 2 is 1.76 bits per heavy atom. The Balaban J connectivity index is 2.47. The van der Waals surface area contributed by atoms with Crippen LogP contribution in [-0.2, 0) is 13.0 Å². The molecule has 0 saturated heterocycles. The molecule has 0 amide bonds. The molecular formula is C15H26N2. The van der Waals surface area contributed by atoms with Crippen LogP contribution in [0, 0.1) is 0 Å². The molecule has 0 fully saturated rings. The molecule has 1 aromatic rings. The minimum absolute atomic E-state index is 0.650. The summed E-state index contributed by atoms with van der Waals surface area (Å²) in [6.07, 6.45) is 3.69. The van der Waals surface area contributed by atoms with Gasteiger partial charge in [0.25, 0.3) is 0 Å². The Bertz CT molecular complexity index is 310. The van der Waals surface area contributed by atoms with Crippen molar-refractivity contribution < 1.29 is 0 Å². The van der Waals surface area contributed by atoms with Gasteiger partial charge in [-0.1, -0.05) is 44.5 Å². The maximum absolute atomic E-state index is 5.76. The van der Waals surface area contributed by atoms with E-state index >= 15 is 0 Å². The van der Waals surface area contributed by atoms with Gasteiger partial charge in [0.1, 0.15) is 0 Å². The number of likely N-dealkylation sites (N-methyl/N-ethyl adjacent to an activating group) is 1. The van der Waals surface area contributed by atoms with E-state index in [2.05, 4.69) is 43.0 Å². The third kappa shape index (κ3) is 4.88. The molecule has 0 heterocycles. The van der Waals surface area contributed by atoms with E-state index in [1.165, 1.54) is 30.5 Å². The summed E-state index contributed by atoms with van der Waals surface area (Å²) in [5.41, 5.74) is 8.45. The Morgan fingerprint density at radius 3 is 2.35 bits per heavy atom. The first kappa shape index (κ1) is 14.2. The second kappa shape index (κ2) is 8.26.